The van der Waals surface area contributed by atoms with Crippen molar-refractivity contribution in [3.8, 4) is 22.8 Å². The highest BCUT2D eigenvalue weighted by atomic mass is 32.1. The average Bonchev–Trinajstić information content (AvgIpc) is 3.40. The summed E-state index contributed by atoms with van der Waals surface area (Å²) in [5, 5.41) is 11.4. The Labute approximate surface area is 179 Å². The first-order valence-corrected chi connectivity index (χ1v) is 10.8. The number of para-hydroxylation sites is 1. The number of nitrogens with zero attached hydrogens (tertiary/aromatic N) is 3. The third-order valence-corrected chi connectivity index (χ3v) is 5.96. The summed E-state index contributed by atoms with van der Waals surface area (Å²) < 4.78 is 0. The van der Waals surface area contributed by atoms with Crippen LogP contribution in [0.3, 0.4) is 0 Å². The number of unbranched alkanes of at least 4 members (excludes halogenated alkanes) is 1. The minimum Gasteiger partial charge on any atom is -0.321 e. The number of aryl methyl sites for hydroxylation is 2. The molecule has 7 heteroatoms. The SMILES string of the molecule is CCCCc1nc(C)c(C(=O)Nc2ccccc2-c2nc(-c3ccccc3)n[nH]2)s1. The minimum absolute atomic E-state index is 0.150. The van der Waals surface area contributed by atoms with Gasteiger partial charge in [0.25, 0.3) is 5.91 Å². The van der Waals surface area contributed by atoms with E-state index in [2.05, 4.69) is 32.4 Å². The van der Waals surface area contributed by atoms with E-state index in [-0.39, 0.29) is 5.91 Å². The van der Waals surface area contributed by atoms with E-state index in [0.717, 1.165) is 41.1 Å². The van der Waals surface area contributed by atoms with E-state index in [1.807, 2.05) is 61.5 Å². The van der Waals surface area contributed by atoms with Gasteiger partial charge in [0.1, 0.15) is 4.88 Å². The number of H-pyrrole nitrogens is 1. The Balaban J connectivity index is 1.58. The van der Waals surface area contributed by atoms with Crippen molar-refractivity contribution in [2.24, 2.45) is 0 Å². The number of hydrogen-bond acceptors (Lipinski definition) is 5. The van der Waals surface area contributed by atoms with Crippen LogP contribution in [0, 0.1) is 6.92 Å². The molecule has 0 spiro atoms. The van der Waals surface area contributed by atoms with Gasteiger partial charge in [-0.3, -0.25) is 9.89 Å². The van der Waals surface area contributed by atoms with Crippen LogP contribution in [0.1, 0.15) is 40.1 Å². The lowest BCUT2D eigenvalue weighted by Crippen LogP contribution is -2.12. The van der Waals surface area contributed by atoms with Crippen molar-refractivity contribution in [3.63, 3.8) is 0 Å². The zero-order valence-corrected chi connectivity index (χ0v) is 17.8. The van der Waals surface area contributed by atoms with Crippen LogP contribution in [0.25, 0.3) is 22.8 Å². The van der Waals surface area contributed by atoms with Gasteiger partial charge in [-0.25, -0.2) is 9.97 Å². The first kappa shape index (κ1) is 20.0. The summed E-state index contributed by atoms with van der Waals surface area (Å²) in [5.41, 5.74) is 3.17. The lowest BCUT2D eigenvalue weighted by atomic mass is 10.1. The Morgan fingerprint density at radius 3 is 2.63 bits per heavy atom. The second-order valence-electron chi connectivity index (χ2n) is 7.00. The van der Waals surface area contributed by atoms with E-state index in [0.29, 0.717) is 22.2 Å². The number of benzene rings is 2. The van der Waals surface area contributed by atoms with Crippen LogP contribution in [0.5, 0.6) is 0 Å². The smallest absolute Gasteiger partial charge is 0.267 e. The molecule has 0 fully saturated rings. The molecule has 1 amide bonds. The zero-order chi connectivity index (χ0) is 20.9. The molecule has 0 aliphatic heterocycles. The molecule has 0 radical (unpaired) electrons. The highest BCUT2D eigenvalue weighted by Gasteiger charge is 2.18. The van der Waals surface area contributed by atoms with Gasteiger partial charge < -0.3 is 5.32 Å². The highest BCUT2D eigenvalue weighted by Crippen LogP contribution is 2.28. The fourth-order valence-corrected chi connectivity index (χ4v) is 4.18. The van der Waals surface area contributed by atoms with Gasteiger partial charge in [0.05, 0.1) is 16.4 Å². The number of carbonyl (C=O) groups excluding carboxylic acids is 1. The molecule has 4 rings (SSSR count). The first-order chi connectivity index (χ1) is 14.7. The van der Waals surface area contributed by atoms with Gasteiger partial charge in [-0.15, -0.1) is 11.3 Å². The molecule has 0 aliphatic carbocycles. The molecule has 0 saturated heterocycles. The van der Waals surface area contributed by atoms with Gasteiger partial charge in [-0.05, 0) is 31.9 Å². The van der Waals surface area contributed by atoms with Crippen molar-refractivity contribution >= 4 is 22.9 Å². The summed E-state index contributed by atoms with van der Waals surface area (Å²) in [4.78, 5) is 22.8. The van der Waals surface area contributed by atoms with Crippen molar-refractivity contribution in [1.82, 2.24) is 20.2 Å². The average molecular weight is 418 g/mol. The van der Waals surface area contributed by atoms with Gasteiger partial charge in [0.15, 0.2) is 11.6 Å². The summed E-state index contributed by atoms with van der Waals surface area (Å²) in [7, 11) is 0. The van der Waals surface area contributed by atoms with Crippen LogP contribution < -0.4 is 5.32 Å². The number of aromatic nitrogens is 4. The van der Waals surface area contributed by atoms with Gasteiger partial charge in [0, 0.05) is 11.1 Å². The van der Waals surface area contributed by atoms with E-state index in [1.54, 1.807) is 0 Å². The first-order valence-electron chi connectivity index (χ1n) is 10.0. The predicted octanol–water partition coefficient (Wildman–Crippen LogP) is 5.50. The summed E-state index contributed by atoms with van der Waals surface area (Å²) in [6, 6.07) is 17.4. The van der Waals surface area contributed by atoms with Crippen LogP contribution in [0.2, 0.25) is 0 Å². The Morgan fingerprint density at radius 2 is 1.83 bits per heavy atom. The van der Waals surface area contributed by atoms with Crippen LogP contribution in [-0.2, 0) is 6.42 Å². The maximum Gasteiger partial charge on any atom is 0.267 e. The van der Waals surface area contributed by atoms with Crippen molar-refractivity contribution in [3.05, 3.63) is 70.2 Å². The topological polar surface area (TPSA) is 83.6 Å². The standard InChI is InChI=1S/C23H23N5OS/c1-3-4-14-19-24-15(2)20(30-19)23(29)25-18-13-9-8-12-17(18)22-26-21(27-28-22)16-10-6-5-7-11-16/h5-13H,3-4,14H2,1-2H3,(H,25,29)(H,26,27,28). The van der Waals surface area contributed by atoms with Crippen LogP contribution in [0.4, 0.5) is 5.69 Å². The molecule has 2 aromatic carbocycles. The van der Waals surface area contributed by atoms with Crippen molar-refractivity contribution in [1.29, 1.82) is 0 Å². The lowest BCUT2D eigenvalue weighted by Gasteiger charge is -2.08. The third kappa shape index (κ3) is 4.31. The van der Waals surface area contributed by atoms with Crippen LogP contribution in [0.15, 0.2) is 54.6 Å². The second-order valence-corrected chi connectivity index (χ2v) is 8.08. The molecule has 0 aliphatic rings. The lowest BCUT2D eigenvalue weighted by molar-refractivity contribution is 0.103. The summed E-state index contributed by atoms with van der Waals surface area (Å²) >= 11 is 1.47. The molecule has 2 aromatic heterocycles. The largest absolute Gasteiger partial charge is 0.321 e. The number of thiazole rings is 1. The minimum atomic E-state index is -0.150. The molecule has 2 heterocycles. The summed E-state index contributed by atoms with van der Waals surface area (Å²) in [6.45, 7) is 4.03. The molecule has 0 saturated carbocycles. The van der Waals surface area contributed by atoms with Crippen LogP contribution in [-0.4, -0.2) is 26.1 Å². The molecule has 0 bridgehead atoms. The number of nitrogens with one attached hydrogen (secondary N) is 2. The Hall–Kier alpha value is -3.32. The summed E-state index contributed by atoms with van der Waals surface area (Å²) in [6.07, 6.45) is 3.09. The second kappa shape index (κ2) is 9.00. The summed E-state index contributed by atoms with van der Waals surface area (Å²) in [5.74, 6) is 1.07. The third-order valence-electron chi connectivity index (χ3n) is 4.74. The number of hydrogen-bond donors (Lipinski definition) is 2. The molecule has 2 N–H and O–H groups in total. The molecule has 0 unspecified atom stereocenters. The van der Waals surface area contributed by atoms with Crippen molar-refractivity contribution in [2.75, 3.05) is 5.32 Å². The number of rotatable bonds is 7. The van der Waals surface area contributed by atoms with E-state index in [1.165, 1.54) is 11.3 Å². The Kier molecular flexibility index (Phi) is 5.99. The molecule has 4 aromatic rings. The van der Waals surface area contributed by atoms with Crippen LogP contribution >= 0.6 is 11.3 Å². The Morgan fingerprint density at radius 1 is 1.07 bits per heavy atom. The maximum atomic E-state index is 12.9. The maximum absolute atomic E-state index is 12.9. The molecule has 152 valence electrons. The van der Waals surface area contributed by atoms with E-state index in [9.17, 15) is 4.79 Å². The number of anilines is 1. The number of aromatic amines is 1. The predicted molar refractivity (Wildman–Crippen MR) is 121 cm³/mol. The van der Waals surface area contributed by atoms with E-state index in [4.69, 9.17) is 0 Å². The normalized spacial score (nSPS) is 10.9. The molecular formula is C23H23N5OS. The fraction of sp³-hybridized carbons (Fsp3) is 0.217. The molecular weight excluding hydrogens is 394 g/mol. The van der Waals surface area contributed by atoms with Gasteiger partial charge in [-0.1, -0.05) is 55.8 Å². The highest BCUT2D eigenvalue weighted by molar-refractivity contribution is 7.13. The van der Waals surface area contributed by atoms with Gasteiger partial charge in [-0.2, -0.15) is 5.10 Å². The van der Waals surface area contributed by atoms with Crippen molar-refractivity contribution in [2.45, 2.75) is 33.1 Å². The molecule has 30 heavy (non-hydrogen) atoms. The van der Waals surface area contributed by atoms with Crippen molar-refractivity contribution < 1.29 is 4.79 Å². The molecule has 0 atom stereocenters. The quantitative estimate of drug-likeness (QED) is 0.416. The monoisotopic (exact) mass is 417 g/mol. The van der Waals surface area contributed by atoms with Gasteiger partial charge >= 0.3 is 0 Å². The number of amides is 1. The fourth-order valence-electron chi connectivity index (χ4n) is 3.17. The van der Waals surface area contributed by atoms with E-state index >= 15 is 0 Å². The zero-order valence-electron chi connectivity index (χ0n) is 17.0. The number of carbonyl (C=O) groups is 1. The van der Waals surface area contributed by atoms with Gasteiger partial charge in [0.2, 0.25) is 0 Å². The molecule has 6 nitrogen and oxygen atoms in total. The van der Waals surface area contributed by atoms with E-state index < -0.39 is 0 Å². The Bertz CT molecular complexity index is 1150.